The molecule has 6 nitrogen and oxygen atoms in total. The maximum atomic E-state index is 12.4. The minimum absolute atomic E-state index is 0.0318. The Morgan fingerprint density at radius 1 is 1.33 bits per heavy atom. The summed E-state index contributed by atoms with van der Waals surface area (Å²) in [4.78, 5) is 23.0. The summed E-state index contributed by atoms with van der Waals surface area (Å²) in [6.45, 7) is 4.10. The number of hydrogen-bond acceptors (Lipinski definition) is 5. The highest BCUT2D eigenvalue weighted by atomic mass is 16.5. The Morgan fingerprint density at radius 2 is 2.12 bits per heavy atom. The number of carbonyl (C=O) groups is 1. The van der Waals surface area contributed by atoms with Crippen molar-refractivity contribution in [1.29, 1.82) is 0 Å². The summed E-state index contributed by atoms with van der Waals surface area (Å²) < 4.78 is 5.22. The van der Waals surface area contributed by atoms with E-state index in [0.29, 0.717) is 23.8 Å². The summed E-state index contributed by atoms with van der Waals surface area (Å²) in [5.41, 5.74) is 2.37. The Labute approximate surface area is 141 Å². The van der Waals surface area contributed by atoms with Crippen molar-refractivity contribution in [3.8, 4) is 5.75 Å². The number of hydrogen-bond donors (Lipinski definition) is 1. The maximum Gasteiger partial charge on any atom is 0.257 e. The second kappa shape index (κ2) is 7.29. The third-order valence-corrected chi connectivity index (χ3v) is 4.19. The molecule has 6 heteroatoms. The molecule has 0 bridgehead atoms. The maximum absolute atomic E-state index is 12.4. The van der Waals surface area contributed by atoms with E-state index in [1.807, 2.05) is 36.1 Å². The topological polar surface area (TPSA) is 67.3 Å². The number of amides is 1. The summed E-state index contributed by atoms with van der Waals surface area (Å²) in [7, 11) is 1.65. The molecule has 2 heterocycles. The predicted molar refractivity (Wildman–Crippen MR) is 92.2 cm³/mol. The number of benzene rings is 1. The van der Waals surface area contributed by atoms with Crippen LogP contribution in [0.25, 0.3) is 0 Å². The molecule has 24 heavy (non-hydrogen) atoms. The molecule has 1 aromatic carbocycles. The summed E-state index contributed by atoms with van der Waals surface area (Å²) in [6, 6.07) is 7.82. The highest BCUT2D eigenvalue weighted by Crippen LogP contribution is 2.16. The van der Waals surface area contributed by atoms with Crippen LogP contribution in [0.15, 0.2) is 30.5 Å². The monoisotopic (exact) mass is 326 g/mol. The number of aryl methyl sites for hydroxylation is 1. The molecule has 0 spiro atoms. The number of aromatic nitrogens is 2. The number of nitrogens with one attached hydrogen (secondary N) is 1. The van der Waals surface area contributed by atoms with E-state index >= 15 is 0 Å². The molecule has 1 N–H and O–H groups in total. The number of methoxy groups -OCH3 is 1. The third kappa shape index (κ3) is 3.64. The third-order valence-electron chi connectivity index (χ3n) is 4.19. The Bertz CT molecular complexity index is 727. The normalized spacial score (nSPS) is 13.8. The lowest BCUT2D eigenvalue weighted by molar-refractivity contribution is 0.0791. The van der Waals surface area contributed by atoms with Gasteiger partial charge in [0.1, 0.15) is 5.75 Å². The van der Waals surface area contributed by atoms with Crippen LogP contribution < -0.4 is 10.1 Å². The predicted octanol–water partition coefficient (Wildman–Crippen LogP) is 2.64. The van der Waals surface area contributed by atoms with Gasteiger partial charge in [-0.15, -0.1) is 0 Å². The van der Waals surface area contributed by atoms with Crippen molar-refractivity contribution in [2.24, 2.45) is 0 Å². The Balaban J connectivity index is 1.66. The van der Waals surface area contributed by atoms with Crippen molar-refractivity contribution in [3.05, 3.63) is 47.3 Å². The van der Waals surface area contributed by atoms with Crippen LogP contribution in [-0.4, -0.2) is 41.0 Å². The van der Waals surface area contributed by atoms with Crippen LogP contribution in [0.1, 0.15) is 34.5 Å². The lowest BCUT2D eigenvalue weighted by atomic mass is 10.2. The van der Waals surface area contributed by atoms with Crippen LogP contribution in [-0.2, 0) is 6.54 Å². The lowest BCUT2D eigenvalue weighted by Crippen LogP contribution is -2.28. The van der Waals surface area contributed by atoms with Gasteiger partial charge in [-0.3, -0.25) is 4.79 Å². The number of ether oxygens (including phenoxy) is 1. The minimum Gasteiger partial charge on any atom is -0.497 e. The van der Waals surface area contributed by atoms with Crippen LogP contribution >= 0.6 is 0 Å². The molecule has 2 aromatic rings. The van der Waals surface area contributed by atoms with E-state index < -0.39 is 0 Å². The van der Waals surface area contributed by atoms with Crippen molar-refractivity contribution in [2.45, 2.75) is 26.3 Å². The molecule has 3 rings (SSSR count). The second-order valence-corrected chi connectivity index (χ2v) is 5.90. The minimum atomic E-state index is 0.0318. The van der Waals surface area contributed by atoms with E-state index in [0.717, 1.165) is 37.2 Å². The molecule has 0 saturated carbocycles. The van der Waals surface area contributed by atoms with Gasteiger partial charge in [0.15, 0.2) is 0 Å². The van der Waals surface area contributed by atoms with E-state index in [9.17, 15) is 4.79 Å². The molecule has 0 atom stereocenters. The van der Waals surface area contributed by atoms with Crippen molar-refractivity contribution >= 4 is 11.9 Å². The van der Waals surface area contributed by atoms with Crippen molar-refractivity contribution in [3.63, 3.8) is 0 Å². The molecule has 126 valence electrons. The molecule has 1 saturated heterocycles. The fourth-order valence-corrected chi connectivity index (χ4v) is 2.82. The Kier molecular flexibility index (Phi) is 4.93. The first kappa shape index (κ1) is 16.2. The van der Waals surface area contributed by atoms with Crippen LogP contribution in [0.5, 0.6) is 5.75 Å². The quantitative estimate of drug-likeness (QED) is 0.915. The van der Waals surface area contributed by atoms with Crippen molar-refractivity contribution in [1.82, 2.24) is 14.9 Å². The number of carbonyl (C=O) groups excluding carboxylic acids is 1. The van der Waals surface area contributed by atoms with Gasteiger partial charge in [0.25, 0.3) is 5.91 Å². The van der Waals surface area contributed by atoms with Gasteiger partial charge in [-0.2, -0.15) is 0 Å². The van der Waals surface area contributed by atoms with Gasteiger partial charge in [0.05, 0.1) is 18.4 Å². The van der Waals surface area contributed by atoms with Crippen LogP contribution in [0.4, 0.5) is 5.95 Å². The van der Waals surface area contributed by atoms with Crippen molar-refractivity contribution in [2.75, 3.05) is 25.5 Å². The highest BCUT2D eigenvalue weighted by molar-refractivity contribution is 5.95. The summed E-state index contributed by atoms with van der Waals surface area (Å²) >= 11 is 0. The molecule has 1 fully saturated rings. The van der Waals surface area contributed by atoms with E-state index in [2.05, 4.69) is 15.3 Å². The summed E-state index contributed by atoms with van der Waals surface area (Å²) in [5.74, 6) is 1.37. The first-order valence-electron chi connectivity index (χ1n) is 8.17. The second-order valence-electron chi connectivity index (χ2n) is 5.90. The standard InChI is InChI=1S/C18H22N4O2/c1-13-16(17(23)22-8-3-4-9-22)12-20-18(21-13)19-11-14-6-5-7-15(10-14)24-2/h5-7,10,12H,3-4,8-9,11H2,1-2H3,(H,19,20,21). The van der Waals surface area contributed by atoms with E-state index in [1.54, 1.807) is 13.3 Å². The average Bonchev–Trinajstić information content (AvgIpc) is 3.14. The fraction of sp³-hybridized carbons (Fsp3) is 0.389. The molecule has 0 radical (unpaired) electrons. The highest BCUT2D eigenvalue weighted by Gasteiger charge is 2.21. The van der Waals surface area contributed by atoms with Crippen molar-refractivity contribution < 1.29 is 9.53 Å². The number of anilines is 1. The van der Waals surface area contributed by atoms with Gasteiger partial charge in [-0.05, 0) is 37.5 Å². The summed E-state index contributed by atoms with van der Waals surface area (Å²) in [5, 5.41) is 3.19. The van der Waals surface area contributed by atoms with E-state index in [-0.39, 0.29) is 5.91 Å². The first-order valence-corrected chi connectivity index (χ1v) is 8.17. The summed E-state index contributed by atoms with van der Waals surface area (Å²) in [6.07, 6.45) is 3.77. The SMILES string of the molecule is COc1cccc(CNc2ncc(C(=O)N3CCCC3)c(C)n2)c1. The first-order chi connectivity index (χ1) is 11.7. The van der Waals surface area contributed by atoms with Gasteiger partial charge < -0.3 is 15.0 Å². The zero-order chi connectivity index (χ0) is 16.9. The molecule has 0 aliphatic carbocycles. The molecule has 1 aliphatic heterocycles. The van der Waals surface area contributed by atoms with Gasteiger partial charge in [-0.25, -0.2) is 9.97 Å². The average molecular weight is 326 g/mol. The zero-order valence-electron chi connectivity index (χ0n) is 14.1. The fourth-order valence-electron chi connectivity index (χ4n) is 2.82. The Hall–Kier alpha value is -2.63. The zero-order valence-corrected chi connectivity index (χ0v) is 14.1. The van der Waals surface area contributed by atoms with E-state index in [1.165, 1.54) is 0 Å². The van der Waals surface area contributed by atoms with Gasteiger partial charge >= 0.3 is 0 Å². The van der Waals surface area contributed by atoms with Crippen LogP contribution in [0, 0.1) is 6.92 Å². The van der Waals surface area contributed by atoms with Gasteiger partial charge in [0.2, 0.25) is 5.95 Å². The molecular formula is C18H22N4O2. The van der Waals surface area contributed by atoms with E-state index in [4.69, 9.17) is 4.74 Å². The van der Waals surface area contributed by atoms with Crippen LogP contribution in [0.3, 0.4) is 0 Å². The van der Waals surface area contributed by atoms with Gasteiger partial charge in [-0.1, -0.05) is 12.1 Å². The number of nitrogens with zero attached hydrogens (tertiary/aromatic N) is 3. The Morgan fingerprint density at radius 3 is 2.83 bits per heavy atom. The molecule has 1 amide bonds. The lowest BCUT2D eigenvalue weighted by Gasteiger charge is -2.16. The molecular weight excluding hydrogens is 304 g/mol. The molecule has 1 aromatic heterocycles. The molecule has 0 unspecified atom stereocenters. The number of likely N-dealkylation sites (tertiary alicyclic amines) is 1. The van der Waals surface area contributed by atoms with Gasteiger partial charge in [0, 0.05) is 25.8 Å². The largest absolute Gasteiger partial charge is 0.497 e. The molecule has 1 aliphatic rings. The van der Waals surface area contributed by atoms with Crippen LogP contribution in [0.2, 0.25) is 0 Å². The number of rotatable bonds is 5. The smallest absolute Gasteiger partial charge is 0.257 e.